The Morgan fingerprint density at radius 1 is 1.04 bits per heavy atom. The topological polar surface area (TPSA) is 35.6 Å². The van der Waals surface area contributed by atoms with Gasteiger partial charge in [-0.15, -0.1) is 0 Å². The Balaban J connectivity index is 1.45. The normalized spacial score (nSPS) is 16.9. The smallest absolute Gasteiger partial charge is 0.223 e. The van der Waals surface area contributed by atoms with E-state index >= 15 is 0 Å². The zero-order chi connectivity index (χ0) is 19.3. The van der Waals surface area contributed by atoms with Crippen LogP contribution in [0.5, 0.6) is 0 Å². The lowest BCUT2D eigenvalue weighted by molar-refractivity contribution is -0.116. The lowest BCUT2D eigenvalue weighted by Crippen LogP contribution is -2.42. The minimum Gasteiger partial charge on any atom is -0.364 e. The highest BCUT2D eigenvalue weighted by molar-refractivity contribution is 5.96. The molecule has 4 rings (SSSR count). The Kier molecular flexibility index (Phi) is 5.64. The number of carbonyl (C=O) groups is 1. The summed E-state index contributed by atoms with van der Waals surface area (Å²) in [5.74, 6) is 7.40. The van der Waals surface area contributed by atoms with Crippen LogP contribution in [0, 0.1) is 17.8 Å². The van der Waals surface area contributed by atoms with Gasteiger partial charge < -0.3 is 15.1 Å². The largest absolute Gasteiger partial charge is 0.364 e. The number of hydrogen-bond acceptors (Lipinski definition) is 3. The predicted molar refractivity (Wildman–Crippen MR) is 114 cm³/mol. The van der Waals surface area contributed by atoms with E-state index in [2.05, 4.69) is 52.4 Å². The van der Waals surface area contributed by atoms with Crippen molar-refractivity contribution in [1.29, 1.82) is 0 Å². The second kappa shape index (κ2) is 8.50. The molecule has 0 saturated carbocycles. The average molecular weight is 374 g/mol. The third-order valence-corrected chi connectivity index (χ3v) is 5.57. The van der Waals surface area contributed by atoms with E-state index in [1.807, 2.05) is 23.1 Å². The summed E-state index contributed by atoms with van der Waals surface area (Å²) in [5.41, 5.74) is 4.48. The molecule has 1 N–H and O–H groups in total. The maximum atomic E-state index is 11.9. The van der Waals surface area contributed by atoms with Crippen LogP contribution in [0.3, 0.4) is 0 Å². The van der Waals surface area contributed by atoms with Crippen LogP contribution in [0.15, 0.2) is 48.5 Å². The van der Waals surface area contributed by atoms with Crippen molar-refractivity contribution in [3.05, 3.63) is 59.7 Å². The number of benzene rings is 2. The highest BCUT2D eigenvalue weighted by Gasteiger charge is 2.24. The van der Waals surface area contributed by atoms with Crippen molar-refractivity contribution in [3.63, 3.8) is 0 Å². The first-order valence-electron chi connectivity index (χ1n) is 10.1. The molecular weight excluding hydrogens is 346 g/mol. The molecule has 1 amide bonds. The summed E-state index contributed by atoms with van der Waals surface area (Å²) in [7, 11) is 0. The summed E-state index contributed by atoms with van der Waals surface area (Å²) < 4.78 is 0. The zero-order valence-corrected chi connectivity index (χ0v) is 16.4. The lowest BCUT2D eigenvalue weighted by Gasteiger charge is -2.37. The summed E-state index contributed by atoms with van der Waals surface area (Å²) in [6.07, 6.45) is 2.30. The fraction of sp³-hybridized carbons (Fsp3) is 0.375. The van der Waals surface area contributed by atoms with Gasteiger partial charge in [-0.25, -0.2) is 0 Å². The monoisotopic (exact) mass is 373 g/mol. The molecule has 0 spiro atoms. The molecule has 28 heavy (non-hydrogen) atoms. The van der Waals surface area contributed by atoms with Crippen molar-refractivity contribution in [2.75, 3.05) is 36.0 Å². The molecule has 2 heterocycles. The third-order valence-electron chi connectivity index (χ3n) is 5.57. The van der Waals surface area contributed by atoms with Crippen molar-refractivity contribution < 1.29 is 4.79 Å². The molecule has 0 unspecified atom stereocenters. The van der Waals surface area contributed by atoms with Crippen LogP contribution in [0.4, 0.5) is 11.4 Å². The summed E-state index contributed by atoms with van der Waals surface area (Å²) in [6.45, 7) is 6.20. The third kappa shape index (κ3) is 4.21. The molecule has 1 saturated heterocycles. The van der Waals surface area contributed by atoms with Gasteiger partial charge in [-0.1, -0.05) is 36.1 Å². The predicted octanol–water partition coefficient (Wildman–Crippen LogP) is 3.41. The number of hydrogen-bond donors (Lipinski definition) is 1. The van der Waals surface area contributed by atoms with Crippen molar-refractivity contribution >= 4 is 17.3 Å². The van der Waals surface area contributed by atoms with E-state index in [0.29, 0.717) is 5.92 Å². The Bertz CT molecular complexity index is 888. The SMILES string of the molecule is CC(=O)N1CCN(Cc2ccc(C#CC3CCNCC3)cc2)c2ccccc21. The number of nitrogens with zero attached hydrogens (tertiary/aromatic N) is 2. The fourth-order valence-electron chi connectivity index (χ4n) is 3.98. The number of para-hydroxylation sites is 2. The molecule has 0 atom stereocenters. The second-order valence-electron chi connectivity index (χ2n) is 7.57. The maximum absolute atomic E-state index is 11.9. The summed E-state index contributed by atoms with van der Waals surface area (Å²) >= 11 is 0. The zero-order valence-electron chi connectivity index (χ0n) is 16.4. The molecule has 0 radical (unpaired) electrons. The standard InChI is InChI=1S/C24H27N3O/c1-19(28)27-17-16-26(23-4-2-3-5-24(23)27)18-22-10-8-20(9-11-22)6-7-21-12-14-25-15-13-21/h2-5,8-11,21,25H,12-18H2,1H3. The van der Waals surface area contributed by atoms with Crippen LogP contribution in [0.2, 0.25) is 0 Å². The maximum Gasteiger partial charge on any atom is 0.223 e. The van der Waals surface area contributed by atoms with Crippen molar-refractivity contribution in [2.24, 2.45) is 5.92 Å². The van der Waals surface area contributed by atoms with Crippen LogP contribution < -0.4 is 15.1 Å². The number of anilines is 2. The van der Waals surface area contributed by atoms with E-state index in [4.69, 9.17) is 0 Å². The molecule has 0 aromatic heterocycles. The van der Waals surface area contributed by atoms with E-state index in [0.717, 1.165) is 62.5 Å². The van der Waals surface area contributed by atoms with Gasteiger partial charge in [0.2, 0.25) is 5.91 Å². The fourth-order valence-corrected chi connectivity index (χ4v) is 3.98. The van der Waals surface area contributed by atoms with Gasteiger partial charge >= 0.3 is 0 Å². The van der Waals surface area contributed by atoms with E-state index < -0.39 is 0 Å². The van der Waals surface area contributed by atoms with Gasteiger partial charge in [-0.05, 0) is 55.8 Å². The van der Waals surface area contributed by atoms with Crippen LogP contribution >= 0.6 is 0 Å². The Hall–Kier alpha value is -2.77. The molecule has 2 aliphatic rings. The molecule has 0 bridgehead atoms. The molecule has 0 aliphatic carbocycles. The Morgan fingerprint density at radius 3 is 2.46 bits per heavy atom. The van der Waals surface area contributed by atoms with Gasteiger partial charge in [0.1, 0.15) is 0 Å². The van der Waals surface area contributed by atoms with Crippen LogP contribution in [-0.4, -0.2) is 32.1 Å². The van der Waals surface area contributed by atoms with Gasteiger partial charge in [0.05, 0.1) is 11.4 Å². The number of carbonyl (C=O) groups excluding carboxylic acids is 1. The van der Waals surface area contributed by atoms with Crippen molar-refractivity contribution in [3.8, 4) is 11.8 Å². The number of fused-ring (bicyclic) bond motifs is 1. The van der Waals surface area contributed by atoms with E-state index in [1.54, 1.807) is 6.92 Å². The lowest BCUT2D eigenvalue weighted by atomic mass is 9.98. The van der Waals surface area contributed by atoms with Gasteiger partial charge in [0.25, 0.3) is 0 Å². The van der Waals surface area contributed by atoms with Crippen LogP contribution in [0.25, 0.3) is 0 Å². The molecule has 4 nitrogen and oxygen atoms in total. The number of rotatable bonds is 2. The summed E-state index contributed by atoms with van der Waals surface area (Å²) in [4.78, 5) is 16.1. The number of amides is 1. The van der Waals surface area contributed by atoms with Crippen molar-refractivity contribution in [2.45, 2.75) is 26.3 Å². The number of piperidine rings is 1. The first-order valence-corrected chi connectivity index (χ1v) is 10.1. The molecule has 2 aliphatic heterocycles. The first-order chi connectivity index (χ1) is 13.7. The summed E-state index contributed by atoms with van der Waals surface area (Å²) in [6, 6.07) is 16.8. The van der Waals surface area contributed by atoms with E-state index in [9.17, 15) is 4.79 Å². The molecule has 2 aromatic rings. The summed E-state index contributed by atoms with van der Waals surface area (Å²) in [5, 5.41) is 3.38. The van der Waals surface area contributed by atoms with Gasteiger partial charge in [-0.3, -0.25) is 4.79 Å². The average Bonchev–Trinajstić information content (AvgIpc) is 2.74. The second-order valence-corrected chi connectivity index (χ2v) is 7.57. The minimum absolute atomic E-state index is 0.101. The Morgan fingerprint density at radius 2 is 1.75 bits per heavy atom. The Labute approximate surface area is 167 Å². The molecule has 2 aromatic carbocycles. The van der Waals surface area contributed by atoms with Gasteiger partial charge in [-0.2, -0.15) is 0 Å². The van der Waals surface area contributed by atoms with E-state index in [1.165, 1.54) is 5.56 Å². The highest BCUT2D eigenvalue weighted by Crippen LogP contribution is 2.33. The highest BCUT2D eigenvalue weighted by atomic mass is 16.2. The van der Waals surface area contributed by atoms with Gasteiger partial charge in [0, 0.05) is 38.0 Å². The molecule has 4 heteroatoms. The number of nitrogens with one attached hydrogen (secondary N) is 1. The van der Waals surface area contributed by atoms with Crippen LogP contribution in [0.1, 0.15) is 30.9 Å². The van der Waals surface area contributed by atoms with Crippen LogP contribution in [-0.2, 0) is 11.3 Å². The molecule has 1 fully saturated rings. The van der Waals surface area contributed by atoms with Gasteiger partial charge in [0.15, 0.2) is 0 Å². The van der Waals surface area contributed by atoms with E-state index in [-0.39, 0.29) is 5.91 Å². The van der Waals surface area contributed by atoms with Crippen molar-refractivity contribution in [1.82, 2.24) is 5.32 Å². The first kappa shape index (κ1) is 18.6. The minimum atomic E-state index is 0.101. The quantitative estimate of drug-likeness (QED) is 0.820. The molecular formula is C24H27N3O. The molecule has 144 valence electrons.